The Bertz CT molecular complexity index is 1080. The van der Waals surface area contributed by atoms with E-state index >= 15 is 0 Å². The van der Waals surface area contributed by atoms with Crippen LogP contribution in [0.25, 0.3) is 16.8 Å². The molecular formula is C20H17NO4S. The molecule has 26 heavy (non-hydrogen) atoms. The molecule has 6 heteroatoms. The SMILES string of the molecule is CC1(C2OCCO2)C=C(n2c(=S)oc3ccccc32)c2ccccc2O1. The Morgan fingerprint density at radius 2 is 1.77 bits per heavy atom. The summed E-state index contributed by atoms with van der Waals surface area (Å²) in [4.78, 5) is 0.393. The molecule has 3 aromatic rings. The Hall–Kier alpha value is -2.41. The summed E-state index contributed by atoms with van der Waals surface area (Å²) < 4.78 is 25.5. The fourth-order valence-electron chi connectivity index (χ4n) is 3.57. The number of aromatic nitrogens is 1. The summed E-state index contributed by atoms with van der Waals surface area (Å²) in [5, 5.41) is 0. The highest BCUT2D eigenvalue weighted by Gasteiger charge is 2.43. The van der Waals surface area contributed by atoms with Gasteiger partial charge in [0.1, 0.15) is 5.75 Å². The van der Waals surface area contributed by atoms with Crippen LogP contribution in [-0.2, 0) is 9.47 Å². The molecule has 2 aromatic carbocycles. The minimum Gasteiger partial charge on any atom is -0.477 e. The first kappa shape index (κ1) is 15.8. The summed E-state index contributed by atoms with van der Waals surface area (Å²) in [6.45, 7) is 3.08. The lowest BCUT2D eigenvalue weighted by molar-refractivity contribution is -0.139. The quantitative estimate of drug-likeness (QED) is 0.629. The van der Waals surface area contributed by atoms with Crippen molar-refractivity contribution in [1.29, 1.82) is 0 Å². The first-order chi connectivity index (χ1) is 12.7. The van der Waals surface area contributed by atoms with E-state index in [1.807, 2.05) is 66.1 Å². The topological polar surface area (TPSA) is 45.8 Å². The van der Waals surface area contributed by atoms with E-state index < -0.39 is 11.9 Å². The van der Waals surface area contributed by atoms with Gasteiger partial charge in [-0.25, -0.2) is 0 Å². The Morgan fingerprint density at radius 3 is 2.62 bits per heavy atom. The molecule has 1 atom stereocenters. The largest absolute Gasteiger partial charge is 0.477 e. The molecule has 2 aliphatic heterocycles. The minimum atomic E-state index is -0.771. The van der Waals surface area contributed by atoms with Gasteiger partial charge in [-0.1, -0.05) is 24.3 Å². The third-order valence-corrected chi connectivity index (χ3v) is 5.00. The van der Waals surface area contributed by atoms with Crippen molar-refractivity contribution < 1.29 is 18.6 Å². The van der Waals surface area contributed by atoms with Gasteiger partial charge in [-0.15, -0.1) is 0 Å². The van der Waals surface area contributed by atoms with E-state index in [9.17, 15) is 0 Å². The number of ether oxygens (including phenoxy) is 3. The van der Waals surface area contributed by atoms with E-state index in [1.54, 1.807) is 0 Å². The zero-order valence-electron chi connectivity index (χ0n) is 14.2. The maximum absolute atomic E-state index is 6.28. The van der Waals surface area contributed by atoms with Gasteiger partial charge in [-0.05, 0) is 49.5 Å². The minimum absolute atomic E-state index is 0.393. The molecule has 0 aliphatic carbocycles. The molecule has 0 radical (unpaired) electrons. The van der Waals surface area contributed by atoms with Crippen LogP contribution in [0.3, 0.4) is 0 Å². The smallest absolute Gasteiger partial charge is 0.274 e. The summed E-state index contributed by atoms with van der Waals surface area (Å²) in [5.41, 5.74) is 2.75. The molecular weight excluding hydrogens is 350 g/mol. The highest BCUT2D eigenvalue weighted by Crippen LogP contribution is 2.41. The Kier molecular flexibility index (Phi) is 3.53. The first-order valence-corrected chi connectivity index (χ1v) is 8.92. The zero-order valence-corrected chi connectivity index (χ0v) is 15.0. The van der Waals surface area contributed by atoms with Crippen molar-refractivity contribution in [2.24, 2.45) is 0 Å². The summed E-state index contributed by atoms with van der Waals surface area (Å²) in [6, 6.07) is 15.7. The molecule has 0 spiro atoms. The fraction of sp³-hybridized carbons (Fsp3) is 0.250. The van der Waals surface area contributed by atoms with Gasteiger partial charge < -0.3 is 18.6 Å². The lowest BCUT2D eigenvalue weighted by Crippen LogP contribution is -2.46. The van der Waals surface area contributed by atoms with Crippen molar-refractivity contribution in [3.63, 3.8) is 0 Å². The predicted molar refractivity (Wildman–Crippen MR) is 99.6 cm³/mol. The molecule has 0 saturated carbocycles. The van der Waals surface area contributed by atoms with E-state index in [0.29, 0.717) is 18.1 Å². The number of rotatable bonds is 2. The number of hydrogen-bond acceptors (Lipinski definition) is 5. The highest BCUT2D eigenvalue weighted by atomic mass is 32.1. The van der Waals surface area contributed by atoms with Gasteiger partial charge >= 0.3 is 0 Å². The maximum Gasteiger partial charge on any atom is 0.274 e. The number of hydrogen-bond donors (Lipinski definition) is 0. The monoisotopic (exact) mass is 367 g/mol. The average molecular weight is 367 g/mol. The van der Waals surface area contributed by atoms with Crippen molar-refractivity contribution in [3.05, 3.63) is 65.0 Å². The van der Waals surface area contributed by atoms with E-state index in [0.717, 1.165) is 28.1 Å². The summed E-state index contributed by atoms with van der Waals surface area (Å²) >= 11 is 5.52. The maximum atomic E-state index is 6.28. The second-order valence-corrected chi connectivity index (χ2v) is 6.91. The molecule has 1 saturated heterocycles. The number of oxazole rings is 1. The molecule has 5 nitrogen and oxygen atoms in total. The normalized spacial score (nSPS) is 22.9. The molecule has 0 bridgehead atoms. The van der Waals surface area contributed by atoms with Crippen molar-refractivity contribution in [3.8, 4) is 5.75 Å². The van der Waals surface area contributed by atoms with Gasteiger partial charge in [0.2, 0.25) is 6.29 Å². The van der Waals surface area contributed by atoms with Crippen LogP contribution in [0.1, 0.15) is 12.5 Å². The van der Waals surface area contributed by atoms with Crippen LogP contribution < -0.4 is 4.74 Å². The Balaban J connectivity index is 1.77. The van der Waals surface area contributed by atoms with Crippen molar-refractivity contribution in [2.75, 3.05) is 13.2 Å². The number of nitrogens with zero attached hydrogens (tertiary/aromatic N) is 1. The highest BCUT2D eigenvalue weighted by molar-refractivity contribution is 7.71. The van der Waals surface area contributed by atoms with Crippen molar-refractivity contribution >= 4 is 29.0 Å². The molecule has 2 aliphatic rings. The fourth-order valence-corrected chi connectivity index (χ4v) is 3.85. The predicted octanol–water partition coefficient (Wildman–Crippen LogP) is 4.38. The van der Waals surface area contributed by atoms with Crippen LogP contribution >= 0.6 is 12.2 Å². The third kappa shape index (κ3) is 2.34. The zero-order chi connectivity index (χ0) is 17.7. The van der Waals surface area contributed by atoms with E-state index in [2.05, 4.69) is 0 Å². The lowest BCUT2D eigenvalue weighted by atomic mass is 9.96. The van der Waals surface area contributed by atoms with Crippen LogP contribution in [0.15, 0.2) is 59.0 Å². The summed E-state index contributed by atoms with van der Waals surface area (Å²) in [5.74, 6) is 0.763. The standard InChI is InChI=1S/C20H17NO4S/c1-20(18-22-10-11-23-18)12-15(13-6-2-4-8-16(13)25-20)21-14-7-3-5-9-17(14)24-19(21)26/h2-9,12,18H,10-11H2,1H3. The molecule has 0 amide bonds. The van der Waals surface area contributed by atoms with E-state index in [4.69, 9.17) is 30.8 Å². The van der Waals surface area contributed by atoms with Crippen LogP contribution in [0.5, 0.6) is 5.75 Å². The van der Waals surface area contributed by atoms with Crippen molar-refractivity contribution in [2.45, 2.75) is 18.8 Å². The van der Waals surface area contributed by atoms with Gasteiger partial charge in [0.25, 0.3) is 4.84 Å². The van der Waals surface area contributed by atoms with Crippen molar-refractivity contribution in [1.82, 2.24) is 4.57 Å². The third-order valence-electron chi connectivity index (χ3n) is 4.73. The summed E-state index contributed by atoms with van der Waals surface area (Å²) in [7, 11) is 0. The Labute approximate surface area is 155 Å². The number of fused-ring (bicyclic) bond motifs is 2. The molecule has 1 unspecified atom stereocenters. The van der Waals surface area contributed by atoms with Gasteiger partial charge in [0, 0.05) is 5.56 Å². The molecule has 0 N–H and O–H groups in total. The number of para-hydroxylation sites is 3. The molecule has 132 valence electrons. The molecule has 1 fully saturated rings. The van der Waals surface area contributed by atoms with Gasteiger partial charge in [-0.3, -0.25) is 4.57 Å². The van der Waals surface area contributed by atoms with Crippen LogP contribution in [0.4, 0.5) is 0 Å². The van der Waals surface area contributed by atoms with Crippen LogP contribution in [0.2, 0.25) is 0 Å². The van der Waals surface area contributed by atoms with Gasteiger partial charge in [0.15, 0.2) is 11.2 Å². The van der Waals surface area contributed by atoms with Crippen LogP contribution in [0, 0.1) is 4.84 Å². The van der Waals surface area contributed by atoms with Gasteiger partial charge in [-0.2, -0.15) is 0 Å². The number of benzene rings is 2. The first-order valence-electron chi connectivity index (χ1n) is 8.51. The second-order valence-electron chi connectivity index (χ2n) is 6.56. The van der Waals surface area contributed by atoms with Crippen LogP contribution in [-0.4, -0.2) is 29.7 Å². The van der Waals surface area contributed by atoms with E-state index in [-0.39, 0.29) is 0 Å². The molecule has 1 aromatic heterocycles. The Morgan fingerprint density at radius 1 is 1.04 bits per heavy atom. The second kappa shape index (κ2) is 5.81. The molecule has 5 rings (SSSR count). The lowest BCUT2D eigenvalue weighted by Gasteiger charge is -2.36. The average Bonchev–Trinajstić information content (AvgIpc) is 3.29. The summed E-state index contributed by atoms with van der Waals surface area (Å²) in [6.07, 6.45) is 1.54. The van der Waals surface area contributed by atoms with E-state index in [1.165, 1.54) is 0 Å². The van der Waals surface area contributed by atoms with Gasteiger partial charge in [0.05, 0.1) is 24.4 Å². The molecule has 3 heterocycles.